The van der Waals surface area contributed by atoms with Gasteiger partial charge in [-0.05, 0) is 24.3 Å². The molecule has 6 heteroatoms. The summed E-state index contributed by atoms with van der Waals surface area (Å²) in [6.07, 6.45) is -4.35. The summed E-state index contributed by atoms with van der Waals surface area (Å²) < 4.78 is 37.4. The highest BCUT2D eigenvalue weighted by Gasteiger charge is 2.31. The number of anilines is 1. The van der Waals surface area contributed by atoms with Gasteiger partial charge in [-0.25, -0.2) is 0 Å². The Labute approximate surface area is 109 Å². The zero-order valence-corrected chi connectivity index (χ0v) is 10.5. The van der Waals surface area contributed by atoms with E-state index in [1.165, 1.54) is 17.0 Å². The number of alkyl halides is 3. The minimum atomic E-state index is -4.35. The molecule has 3 nitrogen and oxygen atoms in total. The maximum absolute atomic E-state index is 12.5. The largest absolute Gasteiger partial charge is 0.416 e. The number of amides is 1. The van der Waals surface area contributed by atoms with Crippen LogP contribution in [0.3, 0.4) is 0 Å². The Morgan fingerprint density at radius 1 is 1.26 bits per heavy atom. The fraction of sp³-hybridized carbons (Fsp3) is 0.462. The highest BCUT2D eigenvalue weighted by atomic mass is 19.4. The van der Waals surface area contributed by atoms with Gasteiger partial charge in [-0.1, -0.05) is 6.92 Å². The van der Waals surface area contributed by atoms with Crippen molar-refractivity contribution in [3.05, 3.63) is 29.8 Å². The van der Waals surface area contributed by atoms with Gasteiger partial charge in [0.05, 0.1) is 5.56 Å². The molecule has 104 valence electrons. The molecule has 1 fully saturated rings. The Bertz CT molecular complexity index is 456. The first-order chi connectivity index (χ1) is 8.89. The average Bonchev–Trinajstić information content (AvgIpc) is 2.52. The molecule has 1 heterocycles. The fourth-order valence-corrected chi connectivity index (χ4v) is 2.06. The second-order valence-electron chi connectivity index (χ2n) is 4.64. The number of carbonyl (C=O) groups is 1. The summed E-state index contributed by atoms with van der Waals surface area (Å²) in [6.45, 7) is 3.50. The molecule has 0 aromatic heterocycles. The molecule has 19 heavy (non-hydrogen) atoms. The lowest BCUT2D eigenvalue weighted by Crippen LogP contribution is -2.35. The van der Waals surface area contributed by atoms with Crippen LogP contribution in [0.4, 0.5) is 18.9 Å². The van der Waals surface area contributed by atoms with E-state index in [9.17, 15) is 18.0 Å². The van der Waals surface area contributed by atoms with Gasteiger partial charge < -0.3 is 10.2 Å². The van der Waals surface area contributed by atoms with Crippen LogP contribution in [0.2, 0.25) is 0 Å². The van der Waals surface area contributed by atoms with Gasteiger partial charge in [-0.2, -0.15) is 13.2 Å². The Hall–Kier alpha value is -1.56. The number of carbonyl (C=O) groups excluding carboxylic acids is 1. The first kappa shape index (κ1) is 13.9. The van der Waals surface area contributed by atoms with Gasteiger partial charge >= 0.3 is 6.18 Å². The minimum absolute atomic E-state index is 0.0650. The first-order valence-electron chi connectivity index (χ1n) is 6.09. The molecule has 0 aliphatic carbocycles. The monoisotopic (exact) mass is 272 g/mol. The fourth-order valence-electron chi connectivity index (χ4n) is 2.06. The van der Waals surface area contributed by atoms with E-state index in [0.29, 0.717) is 25.3 Å². The predicted octanol–water partition coefficient (Wildman–Crippen LogP) is 2.28. The third-order valence-electron chi connectivity index (χ3n) is 3.16. The molecule has 0 saturated carbocycles. The van der Waals surface area contributed by atoms with Gasteiger partial charge in [-0.15, -0.1) is 0 Å². The number of nitrogens with one attached hydrogen (secondary N) is 1. The van der Waals surface area contributed by atoms with E-state index in [1.807, 2.05) is 0 Å². The lowest BCUT2D eigenvalue weighted by Gasteiger charge is -2.22. The van der Waals surface area contributed by atoms with Crippen molar-refractivity contribution in [3.8, 4) is 0 Å². The quantitative estimate of drug-likeness (QED) is 0.850. The average molecular weight is 272 g/mol. The zero-order chi connectivity index (χ0) is 14.0. The molecule has 1 aromatic rings. The normalized spacial score (nSPS) is 21.4. The SMILES string of the molecule is CC1CNCCN(c2ccc(C(F)(F)F)cc2)C1=O. The third-order valence-corrected chi connectivity index (χ3v) is 3.16. The van der Waals surface area contributed by atoms with Crippen LogP contribution >= 0.6 is 0 Å². The summed E-state index contributed by atoms with van der Waals surface area (Å²) in [5, 5.41) is 3.12. The summed E-state index contributed by atoms with van der Waals surface area (Å²) in [6, 6.07) is 4.70. The van der Waals surface area contributed by atoms with Crippen molar-refractivity contribution in [2.45, 2.75) is 13.1 Å². The van der Waals surface area contributed by atoms with E-state index in [-0.39, 0.29) is 11.8 Å². The van der Waals surface area contributed by atoms with Crippen LogP contribution < -0.4 is 10.2 Å². The van der Waals surface area contributed by atoms with Gasteiger partial charge in [0.25, 0.3) is 0 Å². The van der Waals surface area contributed by atoms with Gasteiger partial charge in [0.15, 0.2) is 0 Å². The van der Waals surface area contributed by atoms with Crippen LogP contribution in [0.15, 0.2) is 24.3 Å². The molecule has 1 N–H and O–H groups in total. The molecular weight excluding hydrogens is 257 g/mol. The summed E-state index contributed by atoms with van der Waals surface area (Å²) in [7, 11) is 0. The summed E-state index contributed by atoms with van der Waals surface area (Å²) in [5.41, 5.74) is -0.196. The Morgan fingerprint density at radius 2 is 1.89 bits per heavy atom. The molecule has 0 bridgehead atoms. The molecule has 0 radical (unpaired) electrons. The van der Waals surface area contributed by atoms with Gasteiger partial charge in [0, 0.05) is 31.2 Å². The maximum Gasteiger partial charge on any atom is 0.416 e. The lowest BCUT2D eigenvalue weighted by atomic mass is 10.1. The summed E-state index contributed by atoms with van der Waals surface area (Å²) >= 11 is 0. The standard InChI is InChI=1S/C13H15F3N2O/c1-9-8-17-6-7-18(12(9)19)11-4-2-10(3-5-11)13(14,15)16/h2-5,9,17H,6-8H2,1H3. The topological polar surface area (TPSA) is 32.3 Å². The van der Waals surface area contributed by atoms with Crippen molar-refractivity contribution in [2.24, 2.45) is 5.92 Å². The number of halogens is 3. The third kappa shape index (κ3) is 3.07. The van der Waals surface area contributed by atoms with Crippen molar-refractivity contribution in [1.82, 2.24) is 5.32 Å². The smallest absolute Gasteiger partial charge is 0.314 e. The van der Waals surface area contributed by atoms with Gasteiger partial charge in [0.2, 0.25) is 5.91 Å². The van der Waals surface area contributed by atoms with Crippen molar-refractivity contribution < 1.29 is 18.0 Å². The molecule has 2 rings (SSSR count). The highest BCUT2D eigenvalue weighted by Crippen LogP contribution is 2.30. The Kier molecular flexibility index (Phi) is 3.80. The van der Waals surface area contributed by atoms with Crippen LogP contribution in [0.25, 0.3) is 0 Å². The van der Waals surface area contributed by atoms with Crippen LogP contribution in [0.1, 0.15) is 12.5 Å². The second-order valence-corrected chi connectivity index (χ2v) is 4.64. The molecular formula is C13H15F3N2O. The van der Waals surface area contributed by atoms with E-state index < -0.39 is 11.7 Å². The molecule has 1 aromatic carbocycles. The van der Waals surface area contributed by atoms with E-state index in [1.54, 1.807) is 6.92 Å². The van der Waals surface area contributed by atoms with Gasteiger partial charge in [-0.3, -0.25) is 4.79 Å². The zero-order valence-electron chi connectivity index (χ0n) is 10.5. The summed E-state index contributed by atoms with van der Waals surface area (Å²) in [4.78, 5) is 13.6. The van der Waals surface area contributed by atoms with Crippen LogP contribution in [0, 0.1) is 5.92 Å². The maximum atomic E-state index is 12.5. The molecule has 1 amide bonds. The number of hydrogen-bond donors (Lipinski definition) is 1. The van der Waals surface area contributed by atoms with E-state index in [4.69, 9.17) is 0 Å². The van der Waals surface area contributed by atoms with Crippen LogP contribution in [0.5, 0.6) is 0 Å². The number of hydrogen-bond acceptors (Lipinski definition) is 2. The molecule has 1 unspecified atom stereocenters. The van der Waals surface area contributed by atoms with E-state index >= 15 is 0 Å². The molecule has 1 atom stereocenters. The van der Waals surface area contributed by atoms with Crippen LogP contribution in [-0.4, -0.2) is 25.5 Å². The number of benzene rings is 1. The number of rotatable bonds is 1. The second kappa shape index (κ2) is 5.21. The van der Waals surface area contributed by atoms with Gasteiger partial charge in [0.1, 0.15) is 0 Å². The summed E-state index contributed by atoms with van der Waals surface area (Å²) in [5.74, 6) is -0.241. The first-order valence-corrected chi connectivity index (χ1v) is 6.09. The van der Waals surface area contributed by atoms with E-state index in [2.05, 4.69) is 5.32 Å². The lowest BCUT2D eigenvalue weighted by molar-refractivity contribution is -0.137. The Morgan fingerprint density at radius 3 is 2.47 bits per heavy atom. The highest BCUT2D eigenvalue weighted by molar-refractivity contribution is 5.95. The molecule has 0 spiro atoms. The number of nitrogens with zero attached hydrogens (tertiary/aromatic N) is 1. The van der Waals surface area contributed by atoms with E-state index in [0.717, 1.165) is 12.1 Å². The van der Waals surface area contributed by atoms with Crippen molar-refractivity contribution in [3.63, 3.8) is 0 Å². The van der Waals surface area contributed by atoms with Crippen molar-refractivity contribution in [1.29, 1.82) is 0 Å². The van der Waals surface area contributed by atoms with Crippen LogP contribution in [-0.2, 0) is 11.0 Å². The molecule has 1 saturated heterocycles. The van der Waals surface area contributed by atoms with Crippen molar-refractivity contribution >= 4 is 11.6 Å². The molecule has 1 aliphatic rings. The van der Waals surface area contributed by atoms with Crippen molar-refractivity contribution in [2.75, 3.05) is 24.5 Å². The Balaban J connectivity index is 2.23. The predicted molar refractivity (Wildman–Crippen MR) is 65.8 cm³/mol. The molecule has 1 aliphatic heterocycles. The minimum Gasteiger partial charge on any atom is -0.314 e.